The predicted molar refractivity (Wildman–Crippen MR) is 94.9 cm³/mol. The highest BCUT2D eigenvalue weighted by molar-refractivity contribution is 8.00. The van der Waals surface area contributed by atoms with Gasteiger partial charge >= 0.3 is 0 Å². The molecule has 2 fully saturated rings. The lowest BCUT2D eigenvalue weighted by atomic mass is 9.92. The summed E-state index contributed by atoms with van der Waals surface area (Å²) in [6.07, 6.45) is 2.03. The van der Waals surface area contributed by atoms with Gasteiger partial charge in [0.05, 0.1) is 24.7 Å². The molecule has 134 valence electrons. The largest absolute Gasteiger partial charge is 0.378 e. The number of piperidine rings is 1. The van der Waals surface area contributed by atoms with Crippen LogP contribution < -0.4 is 5.73 Å². The minimum absolute atomic E-state index is 0. The first-order valence-electron chi connectivity index (χ1n) is 8.04. The van der Waals surface area contributed by atoms with Crippen LogP contribution in [-0.4, -0.2) is 78.6 Å². The first-order chi connectivity index (χ1) is 10.6. The predicted octanol–water partition coefficient (Wildman–Crippen LogP) is 0.586. The Balaban J connectivity index is 0.00000264. The van der Waals surface area contributed by atoms with E-state index in [-0.39, 0.29) is 30.3 Å². The fraction of sp³-hybridized carbons (Fsp3) is 0.867. The molecule has 2 rings (SSSR count). The van der Waals surface area contributed by atoms with Crippen LogP contribution in [0.3, 0.4) is 0 Å². The number of carbonyl (C=O) groups excluding carboxylic acids is 2. The van der Waals surface area contributed by atoms with Crippen LogP contribution in [-0.2, 0) is 14.3 Å². The van der Waals surface area contributed by atoms with E-state index in [1.165, 1.54) is 11.8 Å². The molecule has 2 aliphatic heterocycles. The molecular weight excluding hydrogens is 338 g/mol. The van der Waals surface area contributed by atoms with Crippen molar-refractivity contribution in [3.05, 3.63) is 0 Å². The zero-order valence-corrected chi connectivity index (χ0v) is 15.4. The third-order valence-corrected chi connectivity index (χ3v) is 5.29. The number of hydrogen-bond acceptors (Lipinski definition) is 5. The second-order valence-electron chi connectivity index (χ2n) is 6.09. The molecule has 0 saturated carbocycles. The van der Waals surface area contributed by atoms with E-state index in [9.17, 15) is 9.59 Å². The number of nitrogens with two attached hydrogens (primary N) is 1. The van der Waals surface area contributed by atoms with Crippen LogP contribution in [0, 0.1) is 5.92 Å². The van der Waals surface area contributed by atoms with Gasteiger partial charge in [-0.1, -0.05) is 6.92 Å². The molecule has 8 heteroatoms. The second-order valence-corrected chi connectivity index (χ2v) is 7.08. The fourth-order valence-electron chi connectivity index (χ4n) is 3.02. The van der Waals surface area contributed by atoms with E-state index >= 15 is 0 Å². The van der Waals surface area contributed by atoms with Crippen molar-refractivity contribution in [3.8, 4) is 0 Å². The molecule has 0 spiro atoms. The molecule has 0 radical (unpaired) electrons. The molecule has 2 unspecified atom stereocenters. The smallest absolute Gasteiger partial charge is 0.232 e. The normalized spacial score (nSPS) is 25.0. The molecular formula is C15H28ClN3O3S. The molecule has 2 saturated heterocycles. The van der Waals surface area contributed by atoms with E-state index in [1.807, 2.05) is 9.80 Å². The highest BCUT2D eigenvalue weighted by Crippen LogP contribution is 2.22. The van der Waals surface area contributed by atoms with Crippen molar-refractivity contribution < 1.29 is 14.3 Å². The number of morpholine rings is 1. The Kier molecular flexibility index (Phi) is 9.27. The van der Waals surface area contributed by atoms with Gasteiger partial charge in [-0.2, -0.15) is 0 Å². The summed E-state index contributed by atoms with van der Waals surface area (Å²) < 4.78 is 5.23. The third kappa shape index (κ3) is 6.14. The van der Waals surface area contributed by atoms with Gasteiger partial charge in [-0.3, -0.25) is 9.59 Å². The van der Waals surface area contributed by atoms with Gasteiger partial charge < -0.3 is 20.3 Å². The van der Waals surface area contributed by atoms with E-state index in [2.05, 4.69) is 6.92 Å². The zero-order valence-electron chi connectivity index (χ0n) is 13.7. The number of halogens is 1. The van der Waals surface area contributed by atoms with Gasteiger partial charge in [0.1, 0.15) is 0 Å². The van der Waals surface area contributed by atoms with Crippen molar-refractivity contribution in [1.82, 2.24) is 9.80 Å². The van der Waals surface area contributed by atoms with Gasteiger partial charge in [0.2, 0.25) is 11.8 Å². The SMILES string of the molecule is CC1CCN(C(=O)CSCC(=O)N2CCOCC2)C(CN)C1.Cl. The van der Waals surface area contributed by atoms with Crippen LogP contribution in [0.1, 0.15) is 19.8 Å². The third-order valence-electron chi connectivity index (χ3n) is 4.39. The van der Waals surface area contributed by atoms with Crippen molar-refractivity contribution in [3.63, 3.8) is 0 Å². The Morgan fingerprint density at radius 3 is 2.48 bits per heavy atom. The number of nitrogens with zero attached hydrogens (tertiary/aromatic N) is 2. The monoisotopic (exact) mass is 365 g/mol. The van der Waals surface area contributed by atoms with Gasteiger partial charge in [0.25, 0.3) is 0 Å². The number of likely N-dealkylation sites (tertiary alicyclic amines) is 1. The molecule has 2 aliphatic rings. The first kappa shape index (κ1) is 20.5. The van der Waals surface area contributed by atoms with E-state index in [4.69, 9.17) is 10.5 Å². The van der Waals surface area contributed by atoms with E-state index in [1.54, 1.807) is 0 Å². The zero-order chi connectivity index (χ0) is 15.9. The van der Waals surface area contributed by atoms with Crippen molar-refractivity contribution >= 4 is 36.0 Å². The minimum atomic E-state index is 0. The topological polar surface area (TPSA) is 75.9 Å². The Morgan fingerprint density at radius 2 is 1.83 bits per heavy atom. The Bertz CT molecular complexity index is 394. The standard InChI is InChI=1S/C15H27N3O3S.ClH/c1-12-2-3-18(13(8-12)9-16)15(20)11-22-10-14(19)17-4-6-21-7-5-17;/h12-13H,2-11,16H2,1H3;1H. The number of ether oxygens (including phenoxy) is 1. The van der Waals surface area contributed by atoms with Crippen molar-refractivity contribution in [1.29, 1.82) is 0 Å². The van der Waals surface area contributed by atoms with E-state index in [0.29, 0.717) is 50.3 Å². The number of rotatable bonds is 5. The summed E-state index contributed by atoms with van der Waals surface area (Å²) in [5.74, 6) is 1.57. The lowest BCUT2D eigenvalue weighted by molar-refractivity contribution is -0.132. The van der Waals surface area contributed by atoms with Gasteiger partial charge in [-0.25, -0.2) is 0 Å². The average Bonchev–Trinajstić information content (AvgIpc) is 2.55. The van der Waals surface area contributed by atoms with Crippen LogP contribution in [0.25, 0.3) is 0 Å². The first-order valence-corrected chi connectivity index (χ1v) is 9.20. The molecule has 2 atom stereocenters. The van der Waals surface area contributed by atoms with Gasteiger partial charge in [-0.05, 0) is 18.8 Å². The van der Waals surface area contributed by atoms with Crippen LogP contribution in [0.5, 0.6) is 0 Å². The van der Waals surface area contributed by atoms with Gasteiger partial charge in [-0.15, -0.1) is 24.2 Å². The highest BCUT2D eigenvalue weighted by atomic mass is 35.5. The number of amides is 2. The lowest BCUT2D eigenvalue weighted by Crippen LogP contribution is -2.50. The summed E-state index contributed by atoms with van der Waals surface area (Å²) in [6.45, 7) is 6.06. The van der Waals surface area contributed by atoms with Crippen LogP contribution in [0.15, 0.2) is 0 Å². The number of carbonyl (C=O) groups is 2. The van der Waals surface area contributed by atoms with Gasteiger partial charge in [0.15, 0.2) is 0 Å². The fourth-order valence-corrected chi connectivity index (χ4v) is 3.82. The van der Waals surface area contributed by atoms with Crippen LogP contribution >= 0.6 is 24.2 Å². The second kappa shape index (κ2) is 10.4. The molecule has 2 N–H and O–H groups in total. The molecule has 0 aromatic heterocycles. The Hall–Kier alpha value is -0.500. The molecule has 6 nitrogen and oxygen atoms in total. The molecule has 0 aromatic carbocycles. The maximum Gasteiger partial charge on any atom is 0.232 e. The molecule has 0 aromatic rings. The quantitative estimate of drug-likeness (QED) is 0.771. The lowest BCUT2D eigenvalue weighted by Gasteiger charge is -2.38. The van der Waals surface area contributed by atoms with E-state index in [0.717, 1.165) is 19.4 Å². The molecule has 2 amide bonds. The summed E-state index contributed by atoms with van der Waals surface area (Å²) in [4.78, 5) is 28.1. The maximum absolute atomic E-state index is 12.3. The summed E-state index contributed by atoms with van der Waals surface area (Å²) in [6, 6.07) is 0.159. The minimum Gasteiger partial charge on any atom is -0.378 e. The summed E-state index contributed by atoms with van der Waals surface area (Å²) in [5.41, 5.74) is 5.79. The van der Waals surface area contributed by atoms with Gasteiger partial charge in [0, 0.05) is 32.2 Å². The van der Waals surface area contributed by atoms with Crippen molar-refractivity contribution in [2.75, 3.05) is 50.9 Å². The average molecular weight is 366 g/mol. The Morgan fingerprint density at radius 1 is 1.17 bits per heavy atom. The van der Waals surface area contributed by atoms with Crippen molar-refractivity contribution in [2.24, 2.45) is 11.7 Å². The Labute approximate surface area is 148 Å². The number of thioether (sulfide) groups is 1. The van der Waals surface area contributed by atoms with Crippen molar-refractivity contribution in [2.45, 2.75) is 25.8 Å². The molecule has 0 bridgehead atoms. The summed E-state index contributed by atoms with van der Waals surface area (Å²) in [5, 5.41) is 0. The summed E-state index contributed by atoms with van der Waals surface area (Å²) in [7, 11) is 0. The molecule has 2 heterocycles. The molecule has 23 heavy (non-hydrogen) atoms. The summed E-state index contributed by atoms with van der Waals surface area (Å²) >= 11 is 1.41. The van der Waals surface area contributed by atoms with Crippen LogP contribution in [0.4, 0.5) is 0 Å². The molecule has 0 aliphatic carbocycles. The number of hydrogen-bond donors (Lipinski definition) is 1. The highest BCUT2D eigenvalue weighted by Gasteiger charge is 2.28. The maximum atomic E-state index is 12.3. The van der Waals surface area contributed by atoms with E-state index < -0.39 is 0 Å². The van der Waals surface area contributed by atoms with Crippen LogP contribution in [0.2, 0.25) is 0 Å².